The predicted octanol–water partition coefficient (Wildman–Crippen LogP) is 5.94. The first-order valence-corrected chi connectivity index (χ1v) is 22.0. The third-order valence-corrected chi connectivity index (χ3v) is 13.1. The van der Waals surface area contributed by atoms with Crippen molar-refractivity contribution in [3.05, 3.63) is 65.7 Å². The highest BCUT2D eigenvalue weighted by Gasteiger charge is 2.62. The van der Waals surface area contributed by atoms with Crippen molar-refractivity contribution in [2.75, 3.05) is 6.54 Å². The van der Waals surface area contributed by atoms with Crippen LogP contribution < -0.4 is 20.1 Å². The fourth-order valence-electron chi connectivity index (χ4n) is 7.84. The van der Waals surface area contributed by atoms with E-state index in [4.69, 9.17) is 35.5 Å². The summed E-state index contributed by atoms with van der Waals surface area (Å²) in [5.74, 6) is -2.04. The molecule has 5 atom stereocenters. The van der Waals surface area contributed by atoms with E-state index >= 15 is 0 Å². The maximum atomic E-state index is 14.7. The van der Waals surface area contributed by atoms with Gasteiger partial charge in [0.25, 0.3) is 11.8 Å². The molecule has 59 heavy (non-hydrogen) atoms. The summed E-state index contributed by atoms with van der Waals surface area (Å²) < 4.78 is 46.4. The fourth-order valence-corrected chi connectivity index (χ4v) is 9.38. The largest absolute Gasteiger partial charge is 0.470 e. The van der Waals surface area contributed by atoms with Crippen LogP contribution in [0.2, 0.25) is 5.02 Å². The molecule has 2 aromatic carbocycles. The number of nitrogens with one attached hydrogen (secondary N) is 3. The summed E-state index contributed by atoms with van der Waals surface area (Å²) in [6, 6.07) is 12.2. The average Bonchev–Trinajstić information content (AvgIpc) is 4.08. The number of furan rings is 1. The molecule has 4 aliphatic rings. The highest BCUT2D eigenvalue weighted by molar-refractivity contribution is 7.91. The second kappa shape index (κ2) is 15.8. The maximum absolute atomic E-state index is 14.7. The van der Waals surface area contributed by atoms with Crippen LogP contribution in [0.25, 0.3) is 33.5 Å². The predicted molar refractivity (Wildman–Crippen MR) is 219 cm³/mol. The molecule has 0 bridgehead atoms. The number of halogens is 1. The lowest BCUT2D eigenvalue weighted by Gasteiger charge is -2.30. The maximum Gasteiger partial charge on any atom is 0.408 e. The molecule has 2 aromatic heterocycles. The van der Waals surface area contributed by atoms with E-state index in [1.807, 2.05) is 42.5 Å². The van der Waals surface area contributed by atoms with Crippen molar-refractivity contribution in [2.24, 2.45) is 5.92 Å². The first-order valence-electron chi connectivity index (χ1n) is 20.1. The number of aromatic nitrogens is 2. The van der Waals surface area contributed by atoms with Crippen LogP contribution in [0.15, 0.2) is 65.1 Å². The van der Waals surface area contributed by atoms with Crippen molar-refractivity contribution in [1.82, 2.24) is 30.2 Å². The van der Waals surface area contributed by atoms with E-state index in [-0.39, 0.29) is 37.3 Å². The molecule has 2 saturated carbocycles. The zero-order valence-electron chi connectivity index (χ0n) is 33.0. The summed E-state index contributed by atoms with van der Waals surface area (Å²) in [6.45, 7) is 5.06. The summed E-state index contributed by atoms with van der Waals surface area (Å²) in [7, 11) is -3.93. The van der Waals surface area contributed by atoms with Gasteiger partial charge in [0.1, 0.15) is 40.4 Å². The molecule has 312 valence electrons. The number of alkyl carbamates (subject to hydrolysis) is 1. The minimum atomic E-state index is -3.93. The molecule has 0 spiro atoms. The smallest absolute Gasteiger partial charge is 0.408 e. The van der Waals surface area contributed by atoms with E-state index in [1.165, 1.54) is 4.90 Å². The van der Waals surface area contributed by atoms with E-state index < -0.39 is 74.3 Å². The van der Waals surface area contributed by atoms with Gasteiger partial charge in [0, 0.05) is 28.3 Å². The summed E-state index contributed by atoms with van der Waals surface area (Å²) in [6.07, 6.45) is 6.30. The molecule has 4 amide bonds. The standard InChI is InChI=1S/C42H47ClN6O9S/c1-41(2,3)58-40(53)44-30-15-11-6-4-5-10-14-25-22-42(25,39(52)48-59(54,55)28-17-18-28)47-36(50)31-21-27(23-49(31)38(30)51)56-37-34-33(29-20-26(43)16-19-32(29)57-34)45-35(46-37)24-12-8-7-9-13-24/h7-10,12-14,16,19-20,25,27-28,30-31H,4-6,11,15,17-18,21-23H2,1-3H3,(H,44,53)(H,47,50)(H,48,52)/t25-,27-,30+,31+,42-/m1/s1. The normalized spacial score (nSPS) is 25.3. The average molecular weight is 847 g/mol. The van der Waals surface area contributed by atoms with Crippen molar-refractivity contribution in [3.8, 4) is 17.3 Å². The van der Waals surface area contributed by atoms with Gasteiger partial charge in [0.05, 0.1) is 11.8 Å². The van der Waals surface area contributed by atoms with Crippen LogP contribution in [-0.2, 0) is 29.1 Å². The number of fused-ring (bicyclic) bond motifs is 5. The minimum absolute atomic E-state index is 0.0342. The lowest BCUT2D eigenvalue weighted by molar-refractivity contribution is -0.141. The summed E-state index contributed by atoms with van der Waals surface area (Å²) in [5.41, 5.74) is -0.473. The molecule has 4 aromatic rings. The highest BCUT2D eigenvalue weighted by atomic mass is 35.5. The van der Waals surface area contributed by atoms with Crippen molar-refractivity contribution in [1.29, 1.82) is 0 Å². The number of ether oxygens (including phenoxy) is 2. The first kappa shape index (κ1) is 40.6. The second-order valence-corrected chi connectivity index (χ2v) is 19.2. The number of hydrogen-bond acceptors (Lipinski definition) is 11. The molecule has 17 heteroatoms. The number of allylic oxidation sites excluding steroid dienone is 1. The van der Waals surface area contributed by atoms with Gasteiger partial charge in [-0.3, -0.25) is 19.1 Å². The molecular weight excluding hydrogens is 800 g/mol. The van der Waals surface area contributed by atoms with Crippen molar-refractivity contribution >= 4 is 67.5 Å². The van der Waals surface area contributed by atoms with E-state index in [0.717, 1.165) is 12.8 Å². The third kappa shape index (κ3) is 8.74. The molecule has 1 saturated heterocycles. The Morgan fingerprint density at radius 2 is 1.81 bits per heavy atom. The van der Waals surface area contributed by atoms with E-state index in [0.29, 0.717) is 58.6 Å². The van der Waals surface area contributed by atoms with Gasteiger partial charge in [0.15, 0.2) is 5.82 Å². The van der Waals surface area contributed by atoms with Gasteiger partial charge in [-0.1, -0.05) is 66.9 Å². The Labute approximate surface area is 346 Å². The molecule has 15 nitrogen and oxygen atoms in total. The van der Waals surface area contributed by atoms with Crippen LogP contribution >= 0.6 is 11.6 Å². The Hall–Kier alpha value is -5.22. The highest BCUT2D eigenvalue weighted by Crippen LogP contribution is 2.46. The molecular formula is C42H47ClN6O9S. The third-order valence-electron chi connectivity index (χ3n) is 11.1. The van der Waals surface area contributed by atoms with Crippen molar-refractivity contribution in [2.45, 2.75) is 113 Å². The van der Waals surface area contributed by atoms with Crippen LogP contribution in [0.5, 0.6) is 5.88 Å². The molecule has 0 unspecified atom stereocenters. The quantitative estimate of drug-likeness (QED) is 0.186. The number of benzene rings is 2. The van der Waals surface area contributed by atoms with Crippen molar-refractivity contribution < 1.29 is 41.5 Å². The van der Waals surface area contributed by atoms with Crippen LogP contribution in [-0.4, -0.2) is 88.2 Å². The molecule has 0 radical (unpaired) electrons. The van der Waals surface area contributed by atoms with Crippen LogP contribution in [0, 0.1) is 5.92 Å². The van der Waals surface area contributed by atoms with Crippen LogP contribution in [0.1, 0.15) is 78.6 Å². The van der Waals surface area contributed by atoms with E-state index in [1.54, 1.807) is 39.0 Å². The fraction of sp³-hybridized carbons (Fsp3) is 0.476. The van der Waals surface area contributed by atoms with Gasteiger partial charge in [-0.15, -0.1) is 0 Å². The SMILES string of the molecule is CC(C)(C)OC(=O)N[C@H]1CCCCCC=C[C@@H]2C[C@@]2(C(=O)NS(=O)(=O)C2CC2)NC(=O)[C@@H]2C[C@@H](Oc3nc(-c4ccccc4)nc4c3oc3ccc(Cl)cc34)CN2C1=O. The Morgan fingerprint density at radius 1 is 1.03 bits per heavy atom. The lowest BCUT2D eigenvalue weighted by atomic mass is 10.0. The van der Waals surface area contributed by atoms with E-state index in [9.17, 15) is 27.6 Å². The monoisotopic (exact) mass is 846 g/mol. The topological polar surface area (TPSA) is 199 Å². The first-order chi connectivity index (χ1) is 28.1. The number of carbonyl (C=O) groups is 4. The molecule has 3 fully saturated rings. The molecule has 2 aliphatic heterocycles. The molecule has 4 heterocycles. The van der Waals surface area contributed by atoms with E-state index in [2.05, 4.69) is 15.4 Å². The zero-order valence-corrected chi connectivity index (χ0v) is 34.6. The Balaban J connectivity index is 1.15. The number of rotatable bonds is 7. The number of hydrogen-bond donors (Lipinski definition) is 3. The number of sulfonamides is 1. The minimum Gasteiger partial charge on any atom is -0.470 e. The Morgan fingerprint density at radius 3 is 2.56 bits per heavy atom. The Bertz CT molecular complexity index is 2450. The molecule has 8 rings (SSSR count). The second-order valence-electron chi connectivity index (χ2n) is 16.8. The lowest BCUT2D eigenvalue weighted by Crippen LogP contribution is -2.58. The van der Waals surface area contributed by atoms with Gasteiger partial charge < -0.3 is 29.4 Å². The van der Waals surface area contributed by atoms with Gasteiger partial charge >= 0.3 is 6.09 Å². The van der Waals surface area contributed by atoms with Gasteiger partial charge in [-0.2, -0.15) is 4.98 Å². The van der Waals surface area contributed by atoms with Gasteiger partial charge in [-0.25, -0.2) is 18.2 Å². The summed E-state index contributed by atoms with van der Waals surface area (Å²) >= 11 is 6.38. The van der Waals surface area contributed by atoms with Gasteiger partial charge in [-0.05, 0) is 77.5 Å². The van der Waals surface area contributed by atoms with Gasteiger partial charge in [0.2, 0.25) is 27.4 Å². The zero-order chi connectivity index (χ0) is 41.7. The Kier molecular flexibility index (Phi) is 10.8. The van der Waals surface area contributed by atoms with Crippen LogP contribution in [0.4, 0.5) is 4.79 Å². The number of carbonyl (C=O) groups excluding carboxylic acids is 4. The van der Waals surface area contributed by atoms with Crippen LogP contribution in [0.3, 0.4) is 0 Å². The molecule has 3 N–H and O–H groups in total. The summed E-state index contributed by atoms with van der Waals surface area (Å²) in [5, 5.41) is 6.10. The number of amides is 4. The van der Waals surface area contributed by atoms with Crippen molar-refractivity contribution in [3.63, 3.8) is 0 Å². The molecule has 2 aliphatic carbocycles. The number of nitrogens with zero attached hydrogens (tertiary/aromatic N) is 3. The summed E-state index contributed by atoms with van der Waals surface area (Å²) in [4.78, 5) is 67.1.